The molecule has 0 spiro atoms. The number of phenols is 1. The maximum Gasteiger partial charge on any atom is 0.220 e. The summed E-state index contributed by atoms with van der Waals surface area (Å²) in [7, 11) is 1.52. The number of ether oxygens (including phenoxy) is 1. The number of unbranched alkanes of at least 4 members (excludes halogenated alkanes) is 10. The van der Waals surface area contributed by atoms with Crippen molar-refractivity contribution in [2.24, 2.45) is 5.92 Å². The molecule has 0 bridgehead atoms. The summed E-state index contributed by atoms with van der Waals surface area (Å²) in [5.41, 5.74) is 0.925. The van der Waals surface area contributed by atoms with Crippen LogP contribution in [0.5, 0.6) is 11.5 Å². The van der Waals surface area contributed by atoms with Gasteiger partial charge in [0.15, 0.2) is 11.5 Å². The van der Waals surface area contributed by atoms with Gasteiger partial charge in [0.1, 0.15) is 0 Å². The summed E-state index contributed by atoms with van der Waals surface area (Å²) in [5.74, 6) is 1.50. The van der Waals surface area contributed by atoms with Crippen molar-refractivity contribution in [3.05, 3.63) is 23.8 Å². The van der Waals surface area contributed by atoms with Gasteiger partial charge in [-0.15, -0.1) is 0 Å². The minimum Gasteiger partial charge on any atom is -0.504 e. The number of carbonyl (C=O) groups excluding carboxylic acids is 1. The number of methoxy groups -OCH3 is 1. The monoisotopic (exact) mass is 433 g/mol. The Morgan fingerprint density at radius 3 is 2.13 bits per heavy atom. The predicted molar refractivity (Wildman–Crippen MR) is 131 cm³/mol. The van der Waals surface area contributed by atoms with Crippen LogP contribution in [-0.2, 0) is 11.3 Å². The van der Waals surface area contributed by atoms with E-state index in [0.29, 0.717) is 18.7 Å². The average molecular weight is 434 g/mol. The first-order valence-corrected chi connectivity index (χ1v) is 12.7. The van der Waals surface area contributed by atoms with Gasteiger partial charge in [0.2, 0.25) is 5.91 Å². The zero-order valence-electron chi connectivity index (χ0n) is 20.4. The minimum atomic E-state index is 0.0929. The summed E-state index contributed by atoms with van der Waals surface area (Å²) in [4.78, 5) is 12.0. The second-order valence-electron chi connectivity index (χ2n) is 9.10. The molecule has 1 amide bonds. The SMILES string of the molecule is CCCCCCCCCC(C)CCCCCCCC(=O)NCc1ccc(O)c(OC)c1. The first kappa shape index (κ1) is 27.3. The summed E-state index contributed by atoms with van der Waals surface area (Å²) in [6.45, 7) is 5.15. The lowest BCUT2D eigenvalue weighted by Gasteiger charge is -2.11. The molecule has 0 heterocycles. The third-order valence-electron chi connectivity index (χ3n) is 6.14. The molecule has 0 aliphatic rings. The van der Waals surface area contributed by atoms with Crippen molar-refractivity contribution in [3.63, 3.8) is 0 Å². The van der Waals surface area contributed by atoms with Gasteiger partial charge in [0.05, 0.1) is 7.11 Å². The topological polar surface area (TPSA) is 58.6 Å². The van der Waals surface area contributed by atoms with Gasteiger partial charge in [-0.3, -0.25) is 4.79 Å². The largest absolute Gasteiger partial charge is 0.504 e. The van der Waals surface area contributed by atoms with Gasteiger partial charge >= 0.3 is 0 Å². The lowest BCUT2D eigenvalue weighted by Crippen LogP contribution is -2.22. The summed E-state index contributed by atoms with van der Waals surface area (Å²) in [6, 6.07) is 5.15. The Morgan fingerprint density at radius 2 is 1.52 bits per heavy atom. The predicted octanol–water partition coefficient (Wildman–Crippen LogP) is 7.52. The lowest BCUT2D eigenvalue weighted by molar-refractivity contribution is -0.121. The van der Waals surface area contributed by atoms with Crippen LogP contribution in [0.4, 0.5) is 0 Å². The Morgan fingerprint density at radius 1 is 0.935 bits per heavy atom. The minimum absolute atomic E-state index is 0.0929. The van der Waals surface area contributed by atoms with Gasteiger partial charge in [-0.05, 0) is 30.0 Å². The first-order chi connectivity index (χ1) is 15.1. The van der Waals surface area contributed by atoms with E-state index in [1.54, 1.807) is 18.2 Å². The van der Waals surface area contributed by atoms with Crippen LogP contribution in [0.25, 0.3) is 0 Å². The highest BCUT2D eigenvalue weighted by molar-refractivity contribution is 5.75. The lowest BCUT2D eigenvalue weighted by atomic mass is 9.96. The number of hydrogen-bond donors (Lipinski definition) is 2. The van der Waals surface area contributed by atoms with Crippen molar-refractivity contribution in [2.75, 3.05) is 7.11 Å². The van der Waals surface area contributed by atoms with Crippen LogP contribution >= 0.6 is 0 Å². The molecule has 0 aromatic heterocycles. The molecule has 1 rings (SSSR count). The molecule has 0 aliphatic heterocycles. The molecule has 4 heteroatoms. The first-order valence-electron chi connectivity index (χ1n) is 12.7. The van der Waals surface area contributed by atoms with E-state index < -0.39 is 0 Å². The maximum atomic E-state index is 12.0. The Kier molecular flexibility index (Phi) is 15.8. The number of carbonyl (C=O) groups is 1. The zero-order chi connectivity index (χ0) is 22.7. The number of benzene rings is 1. The van der Waals surface area contributed by atoms with Crippen molar-refractivity contribution < 1.29 is 14.6 Å². The van der Waals surface area contributed by atoms with Crippen LogP contribution in [0.1, 0.15) is 116 Å². The Hall–Kier alpha value is -1.71. The average Bonchev–Trinajstić information content (AvgIpc) is 2.77. The fourth-order valence-electron chi connectivity index (χ4n) is 4.02. The molecule has 178 valence electrons. The Balaban J connectivity index is 1.94. The molecular weight excluding hydrogens is 386 g/mol. The van der Waals surface area contributed by atoms with Crippen LogP contribution in [-0.4, -0.2) is 18.1 Å². The van der Waals surface area contributed by atoms with Gasteiger partial charge < -0.3 is 15.2 Å². The summed E-state index contributed by atoms with van der Waals surface area (Å²) >= 11 is 0. The standard InChI is InChI=1S/C27H47NO3/c1-4-5-6-7-8-10-13-16-23(2)17-14-11-9-12-15-18-27(30)28-22-24-19-20-25(29)26(21-24)31-3/h19-21,23,29H,4-18,22H2,1-3H3,(H,28,30). The molecule has 31 heavy (non-hydrogen) atoms. The van der Waals surface area contributed by atoms with Crippen LogP contribution < -0.4 is 10.1 Å². The summed E-state index contributed by atoms with van der Waals surface area (Å²) < 4.78 is 5.10. The Labute approximate surface area is 191 Å². The maximum absolute atomic E-state index is 12.0. The van der Waals surface area contributed by atoms with Gasteiger partial charge in [0, 0.05) is 13.0 Å². The summed E-state index contributed by atoms with van der Waals surface area (Å²) in [6.07, 6.45) is 19.1. The molecule has 4 nitrogen and oxygen atoms in total. The van der Waals surface area contributed by atoms with E-state index in [4.69, 9.17) is 4.74 Å². The number of nitrogens with one attached hydrogen (secondary N) is 1. The van der Waals surface area contributed by atoms with Crippen molar-refractivity contribution in [3.8, 4) is 11.5 Å². The quantitative estimate of drug-likeness (QED) is 0.222. The molecule has 2 N–H and O–H groups in total. The second kappa shape index (κ2) is 17.9. The molecule has 0 fully saturated rings. The molecule has 0 saturated heterocycles. The molecule has 1 aromatic carbocycles. The van der Waals surface area contributed by atoms with Gasteiger partial charge in [-0.1, -0.05) is 103 Å². The van der Waals surface area contributed by atoms with Crippen LogP contribution in [0, 0.1) is 5.92 Å². The van der Waals surface area contributed by atoms with Crippen LogP contribution in [0.15, 0.2) is 18.2 Å². The van der Waals surface area contributed by atoms with Crippen molar-refractivity contribution in [2.45, 2.75) is 117 Å². The van der Waals surface area contributed by atoms with Crippen molar-refractivity contribution in [1.82, 2.24) is 5.32 Å². The number of phenolic OH excluding ortho intramolecular Hbond substituents is 1. The molecule has 0 saturated carbocycles. The number of hydrogen-bond acceptors (Lipinski definition) is 3. The van der Waals surface area contributed by atoms with Gasteiger partial charge in [0.25, 0.3) is 0 Å². The molecule has 1 aromatic rings. The number of aromatic hydroxyl groups is 1. The molecule has 0 radical (unpaired) electrons. The van der Waals surface area contributed by atoms with Crippen LogP contribution in [0.3, 0.4) is 0 Å². The van der Waals surface area contributed by atoms with E-state index in [1.807, 2.05) is 0 Å². The van der Waals surface area contributed by atoms with E-state index in [0.717, 1.165) is 24.3 Å². The van der Waals surface area contributed by atoms with E-state index in [9.17, 15) is 9.90 Å². The highest BCUT2D eigenvalue weighted by Gasteiger charge is 2.06. The number of rotatable bonds is 19. The van der Waals surface area contributed by atoms with E-state index in [-0.39, 0.29) is 11.7 Å². The molecular formula is C27H47NO3. The zero-order valence-corrected chi connectivity index (χ0v) is 20.4. The third-order valence-corrected chi connectivity index (χ3v) is 6.14. The smallest absolute Gasteiger partial charge is 0.220 e. The van der Waals surface area contributed by atoms with E-state index in [1.165, 1.54) is 84.2 Å². The van der Waals surface area contributed by atoms with Crippen molar-refractivity contribution >= 4 is 5.91 Å². The van der Waals surface area contributed by atoms with E-state index >= 15 is 0 Å². The molecule has 0 aliphatic carbocycles. The second-order valence-corrected chi connectivity index (χ2v) is 9.10. The fourth-order valence-corrected chi connectivity index (χ4v) is 4.02. The third kappa shape index (κ3) is 14.1. The fraction of sp³-hybridized carbons (Fsp3) is 0.741. The Bertz CT molecular complexity index is 588. The normalized spacial score (nSPS) is 12.0. The molecule has 1 atom stereocenters. The number of amides is 1. The summed E-state index contributed by atoms with van der Waals surface area (Å²) in [5, 5.41) is 12.6. The highest BCUT2D eigenvalue weighted by atomic mass is 16.5. The molecule has 1 unspecified atom stereocenters. The van der Waals surface area contributed by atoms with Crippen molar-refractivity contribution in [1.29, 1.82) is 0 Å². The highest BCUT2D eigenvalue weighted by Crippen LogP contribution is 2.26. The van der Waals surface area contributed by atoms with Crippen LogP contribution in [0.2, 0.25) is 0 Å². The van der Waals surface area contributed by atoms with Gasteiger partial charge in [-0.25, -0.2) is 0 Å². The van der Waals surface area contributed by atoms with Gasteiger partial charge in [-0.2, -0.15) is 0 Å². The van der Waals surface area contributed by atoms with E-state index in [2.05, 4.69) is 19.2 Å².